The van der Waals surface area contributed by atoms with Gasteiger partial charge in [0.05, 0.1) is 5.41 Å². The highest BCUT2D eigenvalue weighted by molar-refractivity contribution is 5.85. The van der Waals surface area contributed by atoms with Crippen molar-refractivity contribution in [1.82, 2.24) is 5.32 Å². The van der Waals surface area contributed by atoms with E-state index in [2.05, 4.69) is 12.2 Å². The maximum atomic E-state index is 12.3. The molecule has 3 N–H and O–H groups in total. The zero-order valence-electron chi connectivity index (χ0n) is 11.5. The number of hydrogen-bond donors (Lipinski definition) is 2. The Kier molecular flexibility index (Phi) is 5.47. The maximum absolute atomic E-state index is 12.3. The number of rotatable bonds is 4. The highest BCUT2D eigenvalue weighted by Crippen LogP contribution is 2.39. The molecule has 2 aliphatic rings. The second kappa shape index (κ2) is 6.25. The first-order valence-electron chi connectivity index (χ1n) is 7.09. The monoisotopic (exact) mass is 274 g/mol. The molecule has 0 unspecified atom stereocenters. The van der Waals surface area contributed by atoms with Crippen molar-refractivity contribution in [1.29, 1.82) is 0 Å². The van der Waals surface area contributed by atoms with E-state index in [9.17, 15) is 4.79 Å². The summed E-state index contributed by atoms with van der Waals surface area (Å²) >= 11 is 0. The van der Waals surface area contributed by atoms with Gasteiger partial charge in [-0.1, -0.05) is 32.6 Å². The van der Waals surface area contributed by atoms with E-state index in [1.807, 2.05) is 0 Å². The third kappa shape index (κ3) is 3.18. The highest BCUT2D eigenvalue weighted by Gasteiger charge is 2.40. The van der Waals surface area contributed by atoms with Crippen LogP contribution in [0.3, 0.4) is 0 Å². The first-order valence-corrected chi connectivity index (χ1v) is 7.09. The molecule has 106 valence electrons. The summed E-state index contributed by atoms with van der Waals surface area (Å²) in [5, 5.41) is 3.18. The average molecular weight is 275 g/mol. The van der Waals surface area contributed by atoms with Crippen molar-refractivity contribution in [2.75, 3.05) is 13.1 Å². The van der Waals surface area contributed by atoms with Crippen LogP contribution < -0.4 is 11.1 Å². The van der Waals surface area contributed by atoms with Crippen molar-refractivity contribution < 1.29 is 4.79 Å². The number of nitrogens with two attached hydrogens (primary N) is 1. The van der Waals surface area contributed by atoms with Gasteiger partial charge in [0.1, 0.15) is 0 Å². The van der Waals surface area contributed by atoms with E-state index in [1.54, 1.807) is 0 Å². The molecule has 2 fully saturated rings. The van der Waals surface area contributed by atoms with Gasteiger partial charge >= 0.3 is 0 Å². The fraction of sp³-hybridized carbons (Fsp3) is 0.929. The lowest BCUT2D eigenvalue weighted by atomic mass is 9.84. The van der Waals surface area contributed by atoms with Crippen LogP contribution in [0.15, 0.2) is 0 Å². The molecule has 0 bridgehead atoms. The zero-order valence-corrected chi connectivity index (χ0v) is 12.3. The van der Waals surface area contributed by atoms with Crippen molar-refractivity contribution in [3.8, 4) is 0 Å². The fourth-order valence-electron chi connectivity index (χ4n) is 3.46. The molecule has 4 heteroatoms. The molecule has 0 radical (unpaired) electrons. The molecule has 1 amide bonds. The number of hydrogen-bond acceptors (Lipinski definition) is 2. The van der Waals surface area contributed by atoms with Crippen LogP contribution in [0.5, 0.6) is 0 Å². The molecule has 0 aromatic heterocycles. The van der Waals surface area contributed by atoms with Gasteiger partial charge in [-0.25, -0.2) is 0 Å². The Labute approximate surface area is 117 Å². The summed E-state index contributed by atoms with van der Waals surface area (Å²) in [4.78, 5) is 12.3. The van der Waals surface area contributed by atoms with Crippen LogP contribution in [-0.2, 0) is 4.79 Å². The minimum Gasteiger partial charge on any atom is -0.355 e. The van der Waals surface area contributed by atoms with Crippen molar-refractivity contribution in [2.24, 2.45) is 16.6 Å². The summed E-state index contributed by atoms with van der Waals surface area (Å²) in [6.07, 6.45) is 9.40. The quantitative estimate of drug-likeness (QED) is 0.828. The van der Waals surface area contributed by atoms with Crippen LogP contribution in [0.2, 0.25) is 0 Å². The molecule has 3 nitrogen and oxygen atoms in total. The summed E-state index contributed by atoms with van der Waals surface area (Å²) in [6.45, 7) is 3.65. The van der Waals surface area contributed by atoms with Crippen LogP contribution in [0.4, 0.5) is 0 Å². The SMILES string of the molecule is CC1(CNC(=O)C2(CN)CCCC2)CCCC1.Cl. The third-order valence-electron chi connectivity index (χ3n) is 4.92. The van der Waals surface area contributed by atoms with Gasteiger partial charge in [-0.05, 0) is 31.1 Å². The summed E-state index contributed by atoms with van der Waals surface area (Å²) in [5.74, 6) is 0.214. The van der Waals surface area contributed by atoms with E-state index in [4.69, 9.17) is 5.73 Å². The first kappa shape index (κ1) is 15.8. The van der Waals surface area contributed by atoms with Crippen molar-refractivity contribution in [3.05, 3.63) is 0 Å². The molecule has 2 rings (SSSR count). The van der Waals surface area contributed by atoms with Gasteiger partial charge in [0.2, 0.25) is 5.91 Å². The Bertz CT molecular complexity index is 282. The second-order valence-electron chi connectivity index (χ2n) is 6.39. The lowest BCUT2D eigenvalue weighted by molar-refractivity contribution is -0.130. The van der Waals surface area contributed by atoms with E-state index >= 15 is 0 Å². The number of amides is 1. The molecule has 0 aliphatic heterocycles. The Morgan fingerprint density at radius 3 is 2.11 bits per heavy atom. The molecule has 0 aromatic carbocycles. The zero-order chi connectivity index (χ0) is 12.4. The van der Waals surface area contributed by atoms with E-state index in [0.29, 0.717) is 12.0 Å². The fourth-order valence-corrected chi connectivity index (χ4v) is 3.46. The lowest BCUT2D eigenvalue weighted by Gasteiger charge is -2.30. The smallest absolute Gasteiger partial charge is 0.227 e. The minimum atomic E-state index is -0.241. The third-order valence-corrected chi connectivity index (χ3v) is 4.92. The molecule has 2 aliphatic carbocycles. The van der Waals surface area contributed by atoms with Gasteiger partial charge < -0.3 is 11.1 Å². The molecular weight excluding hydrogens is 248 g/mol. The van der Waals surface area contributed by atoms with Crippen LogP contribution in [-0.4, -0.2) is 19.0 Å². The number of nitrogens with one attached hydrogen (secondary N) is 1. The predicted octanol–water partition coefficient (Wildman–Crippen LogP) is 2.62. The first-order chi connectivity index (χ1) is 8.10. The standard InChI is InChI=1S/C14H26N2O.ClH/c1-13(6-2-3-7-13)11-16-12(17)14(10-15)8-4-5-9-14;/h2-11,15H2,1H3,(H,16,17);1H. The van der Waals surface area contributed by atoms with Gasteiger partial charge in [-0.3, -0.25) is 4.79 Å². The molecular formula is C14H27ClN2O. The summed E-state index contributed by atoms with van der Waals surface area (Å²) in [7, 11) is 0. The Morgan fingerprint density at radius 2 is 1.61 bits per heavy atom. The van der Waals surface area contributed by atoms with Crippen molar-refractivity contribution >= 4 is 18.3 Å². The van der Waals surface area contributed by atoms with Gasteiger partial charge in [-0.15, -0.1) is 12.4 Å². The summed E-state index contributed by atoms with van der Waals surface area (Å²) in [5.41, 5.74) is 5.92. The van der Waals surface area contributed by atoms with E-state index in [-0.39, 0.29) is 23.7 Å². The Balaban J connectivity index is 0.00000162. The summed E-state index contributed by atoms with van der Waals surface area (Å²) < 4.78 is 0. The molecule has 0 atom stereocenters. The maximum Gasteiger partial charge on any atom is 0.227 e. The van der Waals surface area contributed by atoms with Gasteiger partial charge in [0, 0.05) is 13.1 Å². The highest BCUT2D eigenvalue weighted by atomic mass is 35.5. The molecule has 0 aromatic rings. The molecule has 0 heterocycles. The van der Waals surface area contributed by atoms with Crippen LogP contribution in [0, 0.1) is 10.8 Å². The lowest BCUT2D eigenvalue weighted by Crippen LogP contribution is -2.46. The normalized spacial score (nSPS) is 24.6. The number of halogens is 1. The predicted molar refractivity (Wildman–Crippen MR) is 76.8 cm³/mol. The molecule has 0 saturated heterocycles. The van der Waals surface area contributed by atoms with Gasteiger partial charge in [0.25, 0.3) is 0 Å². The molecule has 2 saturated carbocycles. The van der Waals surface area contributed by atoms with Crippen molar-refractivity contribution in [2.45, 2.75) is 58.3 Å². The second-order valence-corrected chi connectivity index (χ2v) is 6.39. The van der Waals surface area contributed by atoms with E-state index in [0.717, 1.165) is 32.2 Å². The van der Waals surface area contributed by atoms with Crippen molar-refractivity contribution in [3.63, 3.8) is 0 Å². The number of carbonyl (C=O) groups is 1. The van der Waals surface area contributed by atoms with E-state index < -0.39 is 0 Å². The Hall–Kier alpha value is -0.280. The molecule has 18 heavy (non-hydrogen) atoms. The van der Waals surface area contributed by atoms with Crippen LogP contribution >= 0.6 is 12.4 Å². The van der Waals surface area contributed by atoms with Gasteiger partial charge in [0.15, 0.2) is 0 Å². The Morgan fingerprint density at radius 1 is 1.11 bits per heavy atom. The van der Waals surface area contributed by atoms with Gasteiger partial charge in [-0.2, -0.15) is 0 Å². The van der Waals surface area contributed by atoms with E-state index in [1.165, 1.54) is 25.7 Å². The number of carbonyl (C=O) groups excluding carboxylic acids is 1. The largest absolute Gasteiger partial charge is 0.355 e. The van der Waals surface area contributed by atoms with Crippen LogP contribution in [0.25, 0.3) is 0 Å². The molecule has 0 spiro atoms. The minimum absolute atomic E-state index is 0. The summed E-state index contributed by atoms with van der Waals surface area (Å²) in [6, 6.07) is 0. The average Bonchev–Trinajstić information content (AvgIpc) is 2.96. The topological polar surface area (TPSA) is 55.1 Å². The van der Waals surface area contributed by atoms with Crippen LogP contribution in [0.1, 0.15) is 58.3 Å².